The molecule has 0 amide bonds. The normalized spacial score (nSPS) is 17.9. The topological polar surface area (TPSA) is 61.9 Å². The minimum atomic E-state index is -3.32. The van der Waals surface area contributed by atoms with Crippen molar-refractivity contribution in [1.82, 2.24) is 10.2 Å². The van der Waals surface area contributed by atoms with Gasteiger partial charge in [-0.2, -0.15) is 0 Å². The lowest BCUT2D eigenvalue weighted by Gasteiger charge is -2.41. The molecule has 1 saturated heterocycles. The molecule has 2 aliphatic heterocycles. The van der Waals surface area contributed by atoms with Crippen molar-refractivity contribution in [1.29, 1.82) is 0 Å². The predicted octanol–water partition coefficient (Wildman–Crippen LogP) is 5.48. The average molecular weight is 589 g/mol. The van der Waals surface area contributed by atoms with Crippen molar-refractivity contribution < 1.29 is 13.2 Å². The second kappa shape index (κ2) is 12.2. The average Bonchev–Trinajstić information content (AvgIpc) is 3.26. The first kappa shape index (κ1) is 28.4. The Kier molecular flexibility index (Phi) is 8.86. The first-order chi connectivity index (χ1) is 18.7. The van der Waals surface area contributed by atoms with Gasteiger partial charge in [0.05, 0.1) is 35.2 Å². The van der Waals surface area contributed by atoms with E-state index in [0.29, 0.717) is 29.8 Å². The zero-order chi connectivity index (χ0) is 27.5. The zero-order valence-electron chi connectivity index (χ0n) is 22.2. The molecule has 0 radical (unpaired) electrons. The first-order valence-corrected chi connectivity index (χ1v) is 15.9. The van der Waals surface area contributed by atoms with Gasteiger partial charge in [0.15, 0.2) is 0 Å². The fraction of sp³-hybridized carbons (Fsp3) is 0.400. The molecule has 2 heterocycles. The summed E-state index contributed by atoms with van der Waals surface area (Å²) in [6.07, 6.45) is 3.15. The number of nitrogens with one attached hydrogen (secondary N) is 1. The number of anilines is 1. The fourth-order valence-electron chi connectivity index (χ4n) is 5.77. The van der Waals surface area contributed by atoms with E-state index >= 15 is 0 Å². The lowest BCUT2D eigenvalue weighted by atomic mass is 9.74. The minimum Gasteiger partial charge on any atom is -0.375 e. The molecule has 1 N–H and O–H groups in total. The van der Waals surface area contributed by atoms with E-state index in [2.05, 4.69) is 40.5 Å². The number of benzene rings is 3. The molecule has 6 nitrogen and oxygen atoms in total. The zero-order valence-corrected chi connectivity index (χ0v) is 24.5. The number of rotatable bonds is 10. The molecule has 208 valence electrons. The van der Waals surface area contributed by atoms with Crippen LogP contribution in [0.15, 0.2) is 72.8 Å². The van der Waals surface area contributed by atoms with Gasteiger partial charge in [-0.15, -0.1) is 0 Å². The number of ether oxygens (including phenoxy) is 1. The summed E-state index contributed by atoms with van der Waals surface area (Å²) >= 11 is 12.2. The number of nitrogens with zero attached hydrogens (tertiary/aromatic N) is 2. The smallest absolute Gasteiger partial charge is 0.232 e. The number of hydrogen-bond acceptors (Lipinski definition) is 5. The van der Waals surface area contributed by atoms with Crippen LogP contribution in [0.25, 0.3) is 0 Å². The Morgan fingerprint density at radius 3 is 2.38 bits per heavy atom. The largest absolute Gasteiger partial charge is 0.375 e. The molecular weight excluding hydrogens is 553 g/mol. The molecule has 0 unspecified atom stereocenters. The molecule has 3 aromatic carbocycles. The van der Waals surface area contributed by atoms with Crippen molar-refractivity contribution in [3.8, 4) is 0 Å². The first-order valence-electron chi connectivity index (χ1n) is 13.3. The molecule has 3 aromatic rings. The van der Waals surface area contributed by atoms with Gasteiger partial charge >= 0.3 is 0 Å². The van der Waals surface area contributed by atoms with Crippen molar-refractivity contribution in [3.05, 3.63) is 99.5 Å². The van der Waals surface area contributed by atoms with Crippen LogP contribution in [0.3, 0.4) is 0 Å². The quantitative estimate of drug-likeness (QED) is 0.340. The van der Waals surface area contributed by atoms with Gasteiger partial charge in [-0.25, -0.2) is 8.42 Å². The predicted molar refractivity (Wildman–Crippen MR) is 159 cm³/mol. The van der Waals surface area contributed by atoms with Crippen molar-refractivity contribution in [3.63, 3.8) is 0 Å². The van der Waals surface area contributed by atoms with E-state index in [1.54, 1.807) is 10.4 Å². The van der Waals surface area contributed by atoms with Crippen LogP contribution in [0.2, 0.25) is 10.0 Å². The second-order valence-electron chi connectivity index (χ2n) is 10.7. The minimum absolute atomic E-state index is 0.130. The number of sulfonamides is 1. The van der Waals surface area contributed by atoms with Gasteiger partial charge in [0.2, 0.25) is 10.0 Å². The van der Waals surface area contributed by atoms with E-state index in [1.165, 1.54) is 17.4 Å². The van der Waals surface area contributed by atoms with Crippen LogP contribution in [0.4, 0.5) is 5.69 Å². The molecule has 2 aliphatic rings. The maximum Gasteiger partial charge on any atom is 0.232 e. The molecule has 39 heavy (non-hydrogen) atoms. The van der Waals surface area contributed by atoms with Crippen molar-refractivity contribution in [2.75, 3.05) is 43.3 Å². The standard InChI is InChI=1S/C30H35Cl2N3O3S/c1-39(36,37)35-22-30(26-9-5-6-10-29(26)35)13-15-34(16-14-30)19-25(33-18-23-7-3-2-4-8-23)21-38-20-24-11-12-27(31)28(32)17-24/h2-12,17,25,33H,13-16,18-22H2,1H3/t25-/m1/s1. The highest BCUT2D eigenvalue weighted by Gasteiger charge is 2.46. The van der Waals surface area contributed by atoms with Gasteiger partial charge in [-0.3, -0.25) is 4.31 Å². The van der Waals surface area contributed by atoms with Gasteiger partial charge in [-0.05, 0) is 60.8 Å². The summed E-state index contributed by atoms with van der Waals surface area (Å²) in [6.45, 7) is 4.96. The van der Waals surface area contributed by atoms with Gasteiger partial charge in [0.25, 0.3) is 0 Å². The lowest BCUT2D eigenvalue weighted by Crippen LogP contribution is -2.50. The van der Waals surface area contributed by atoms with Crippen LogP contribution >= 0.6 is 23.2 Å². The van der Waals surface area contributed by atoms with E-state index < -0.39 is 10.0 Å². The third kappa shape index (κ3) is 6.79. The Labute approximate surface area is 241 Å². The number of likely N-dealkylation sites (tertiary alicyclic amines) is 1. The van der Waals surface area contributed by atoms with Gasteiger partial charge in [-0.1, -0.05) is 77.8 Å². The van der Waals surface area contributed by atoms with E-state index in [9.17, 15) is 8.42 Å². The maximum atomic E-state index is 12.5. The highest BCUT2D eigenvalue weighted by molar-refractivity contribution is 7.92. The van der Waals surface area contributed by atoms with Crippen LogP contribution in [-0.2, 0) is 33.3 Å². The van der Waals surface area contributed by atoms with E-state index in [-0.39, 0.29) is 11.5 Å². The van der Waals surface area contributed by atoms with E-state index in [1.807, 2.05) is 36.4 Å². The van der Waals surface area contributed by atoms with E-state index in [0.717, 1.165) is 50.3 Å². The van der Waals surface area contributed by atoms with Crippen molar-refractivity contribution >= 4 is 38.9 Å². The number of halogens is 2. The highest BCUT2D eigenvalue weighted by atomic mass is 35.5. The molecule has 0 bridgehead atoms. The van der Waals surface area contributed by atoms with Crippen LogP contribution in [0.5, 0.6) is 0 Å². The summed E-state index contributed by atoms with van der Waals surface area (Å²) in [4.78, 5) is 2.47. The molecule has 9 heteroatoms. The summed E-state index contributed by atoms with van der Waals surface area (Å²) < 4.78 is 32.8. The summed E-state index contributed by atoms with van der Waals surface area (Å²) in [5, 5.41) is 4.76. The van der Waals surface area contributed by atoms with Crippen LogP contribution in [0.1, 0.15) is 29.5 Å². The van der Waals surface area contributed by atoms with Crippen molar-refractivity contribution in [2.24, 2.45) is 0 Å². The molecular formula is C30H35Cl2N3O3S. The molecule has 1 spiro atoms. The fourth-order valence-corrected chi connectivity index (χ4v) is 7.08. The second-order valence-corrected chi connectivity index (χ2v) is 13.4. The highest BCUT2D eigenvalue weighted by Crippen LogP contribution is 2.47. The van der Waals surface area contributed by atoms with Crippen LogP contribution in [0, 0.1) is 0 Å². The number of fused-ring (bicyclic) bond motifs is 2. The van der Waals surface area contributed by atoms with Gasteiger partial charge < -0.3 is 15.0 Å². The molecule has 0 aromatic heterocycles. The number of hydrogen-bond donors (Lipinski definition) is 1. The molecule has 1 atom stereocenters. The van der Waals surface area contributed by atoms with Crippen LogP contribution in [-0.4, -0.2) is 58.4 Å². The third-order valence-corrected chi connectivity index (χ3v) is 9.76. The van der Waals surface area contributed by atoms with E-state index in [4.69, 9.17) is 27.9 Å². The summed E-state index contributed by atoms with van der Waals surface area (Å²) in [5.41, 5.74) is 4.09. The van der Waals surface area contributed by atoms with Crippen molar-refractivity contribution in [2.45, 2.75) is 37.5 Å². The SMILES string of the molecule is CS(=O)(=O)N1CC2(CCN(C[C@H](COCc3ccc(Cl)c(Cl)c3)NCc3ccccc3)CC2)c2ccccc21. The third-order valence-electron chi connectivity index (χ3n) is 7.89. The Hall–Kier alpha value is -2.13. The maximum absolute atomic E-state index is 12.5. The molecule has 5 rings (SSSR count). The Bertz CT molecular complexity index is 1380. The number of piperidine rings is 1. The Morgan fingerprint density at radius 1 is 0.949 bits per heavy atom. The van der Waals surface area contributed by atoms with Gasteiger partial charge in [0.1, 0.15) is 0 Å². The molecule has 0 saturated carbocycles. The van der Waals surface area contributed by atoms with Crippen LogP contribution < -0.4 is 9.62 Å². The monoisotopic (exact) mass is 587 g/mol. The Balaban J connectivity index is 1.22. The molecule has 1 fully saturated rings. The molecule has 0 aliphatic carbocycles. The summed E-state index contributed by atoms with van der Waals surface area (Å²) in [7, 11) is -3.32. The summed E-state index contributed by atoms with van der Waals surface area (Å²) in [5.74, 6) is 0. The summed E-state index contributed by atoms with van der Waals surface area (Å²) in [6, 6.07) is 24.1. The lowest BCUT2D eigenvalue weighted by molar-refractivity contribution is 0.0746. The number of para-hydroxylation sites is 1. The Morgan fingerprint density at radius 2 is 1.67 bits per heavy atom. The van der Waals surface area contributed by atoms with Gasteiger partial charge in [0, 0.05) is 31.1 Å².